The minimum absolute atomic E-state index is 0.0963. The molecule has 1 saturated carbocycles. The fourth-order valence-electron chi connectivity index (χ4n) is 9.10. The van der Waals surface area contributed by atoms with Gasteiger partial charge in [-0.25, -0.2) is 39.3 Å². The Kier molecular flexibility index (Phi) is 28.4. The number of aromatic nitrogens is 2. The van der Waals surface area contributed by atoms with Gasteiger partial charge in [0.2, 0.25) is 0 Å². The highest BCUT2D eigenvalue weighted by Crippen LogP contribution is 2.41. The van der Waals surface area contributed by atoms with E-state index < -0.39 is 35.8 Å². The SMILES string of the molecule is [C-]#[N+]/C(C#N)=C\C=C\Nc1nc2c(OC(=O)c3ccc(OCCCCCCOC(=O)C=C)cc3)ccc(OC(=O)c3ccc(OCCCCCCOc4ccc(OC(=O)C5CCC(C(=O)OCCCCOC(=O)C=C)CC5)c5sc(C#CC=C(C#N)C#N)nc45)cc3)c2s1. The standard InChI is InChI=1S/C70H65N7O15S2/c1-4-60(78)87-41-13-9-7-11-39-85-53-29-25-50(26-30-53)67(81)90-56-34-36-58(65-63(56)77-70(94-65)75-37-17-19-52(46-73)74-3)92-69(83)51-27-31-54(32-28-51)84-38-10-6-8-12-40-86-55-33-35-57(64-62(55)76-59(93-64)20-16-18-47(44-71)45-72)91-68(82)49-23-21-48(22-24-49)66(80)89-43-15-14-42-88-61(79)5-2/h4-5,17-19,25-37,48-49H,1-2,6-15,21-24,38-43H2,(H,75,77)/b37-17+,52-19-. The lowest BCUT2D eigenvalue weighted by molar-refractivity contribution is -0.152. The van der Waals surface area contributed by atoms with Gasteiger partial charge in [-0.15, -0.1) is 11.3 Å². The molecule has 1 fully saturated rings. The number of nitrogens with zero attached hydrogens (tertiary/aromatic N) is 6. The first-order valence-corrected chi connectivity index (χ1v) is 31.8. The number of allylic oxidation sites excluding steroid dienone is 5. The third kappa shape index (κ3) is 22.1. The van der Waals surface area contributed by atoms with Crippen molar-refractivity contribution in [2.24, 2.45) is 11.8 Å². The van der Waals surface area contributed by atoms with Crippen molar-refractivity contribution in [2.45, 2.75) is 89.9 Å². The van der Waals surface area contributed by atoms with E-state index in [1.54, 1.807) is 78.9 Å². The number of carbonyl (C=O) groups excluding carboxylic acids is 6. The van der Waals surface area contributed by atoms with E-state index >= 15 is 0 Å². The van der Waals surface area contributed by atoms with Gasteiger partial charge in [0, 0.05) is 24.4 Å². The predicted octanol–water partition coefficient (Wildman–Crippen LogP) is 13.4. The Morgan fingerprint density at radius 1 is 0.564 bits per heavy atom. The molecule has 2 aromatic heterocycles. The molecule has 24 heteroatoms. The molecule has 1 aliphatic rings. The molecule has 4 aromatic carbocycles. The topological polar surface area (TPSA) is 299 Å². The van der Waals surface area contributed by atoms with Gasteiger partial charge in [-0.05, 0) is 175 Å². The molecule has 0 amide bonds. The zero-order valence-corrected chi connectivity index (χ0v) is 52.9. The molecule has 0 atom stereocenters. The number of hydrogen-bond acceptors (Lipinski definition) is 23. The summed E-state index contributed by atoms with van der Waals surface area (Å²) in [5, 5.41) is 31.1. The van der Waals surface area contributed by atoms with Gasteiger partial charge in [-0.1, -0.05) is 36.5 Å². The summed E-state index contributed by atoms with van der Waals surface area (Å²) < 4.78 is 52.0. The van der Waals surface area contributed by atoms with Crippen LogP contribution < -0.4 is 33.7 Å². The Bertz CT molecular complexity index is 4000. The molecule has 0 bridgehead atoms. The highest BCUT2D eigenvalue weighted by atomic mass is 32.1. The van der Waals surface area contributed by atoms with Crippen LogP contribution >= 0.6 is 22.7 Å². The Labute approximate surface area is 551 Å². The fraction of sp³-hybridized carbons (Fsp3) is 0.314. The molecule has 482 valence electrons. The highest BCUT2D eigenvalue weighted by molar-refractivity contribution is 7.22. The molecule has 2 heterocycles. The largest absolute Gasteiger partial charge is 0.494 e. The molecular formula is C70H65N7O15S2. The van der Waals surface area contributed by atoms with Crippen LogP contribution in [0.4, 0.5) is 5.13 Å². The van der Waals surface area contributed by atoms with Crippen LogP contribution in [0.2, 0.25) is 0 Å². The van der Waals surface area contributed by atoms with Crippen molar-refractivity contribution < 1.29 is 71.4 Å². The second-order valence-corrected chi connectivity index (χ2v) is 22.6. The van der Waals surface area contributed by atoms with Crippen LogP contribution in [-0.4, -0.2) is 85.4 Å². The lowest BCUT2D eigenvalue weighted by Crippen LogP contribution is -2.29. The maximum atomic E-state index is 13.6. The van der Waals surface area contributed by atoms with Crippen molar-refractivity contribution in [1.82, 2.24) is 9.97 Å². The number of nitrogens with one attached hydrogen (secondary N) is 1. The van der Waals surface area contributed by atoms with Gasteiger partial charge in [0.05, 0.1) is 75.2 Å². The van der Waals surface area contributed by atoms with E-state index in [-0.39, 0.29) is 70.3 Å². The minimum Gasteiger partial charge on any atom is -0.494 e. The van der Waals surface area contributed by atoms with Crippen molar-refractivity contribution in [3.8, 4) is 64.5 Å². The molecule has 1 N–H and O–H groups in total. The van der Waals surface area contributed by atoms with Crippen LogP contribution in [-0.2, 0) is 33.4 Å². The smallest absolute Gasteiger partial charge is 0.343 e. The van der Waals surface area contributed by atoms with E-state index in [9.17, 15) is 28.8 Å². The fourth-order valence-corrected chi connectivity index (χ4v) is 10.9. The summed E-state index contributed by atoms with van der Waals surface area (Å²) in [4.78, 5) is 88.1. The van der Waals surface area contributed by atoms with Gasteiger partial charge in [-0.2, -0.15) is 10.5 Å². The van der Waals surface area contributed by atoms with Gasteiger partial charge in [-0.3, -0.25) is 9.59 Å². The van der Waals surface area contributed by atoms with Gasteiger partial charge in [0.15, 0.2) is 27.4 Å². The molecule has 94 heavy (non-hydrogen) atoms. The van der Waals surface area contributed by atoms with Crippen LogP contribution in [0.5, 0.6) is 34.5 Å². The third-order valence-corrected chi connectivity index (χ3v) is 16.0. The van der Waals surface area contributed by atoms with Gasteiger partial charge < -0.3 is 47.9 Å². The number of nitriles is 3. The number of ether oxygens (including phenoxy) is 9. The molecule has 0 spiro atoms. The first kappa shape index (κ1) is 70.4. The second kappa shape index (κ2) is 37.9. The van der Waals surface area contributed by atoms with E-state index in [0.717, 1.165) is 68.4 Å². The first-order valence-electron chi connectivity index (χ1n) is 30.1. The van der Waals surface area contributed by atoms with Crippen molar-refractivity contribution in [1.29, 1.82) is 15.8 Å². The van der Waals surface area contributed by atoms with E-state index in [1.807, 2.05) is 0 Å². The zero-order valence-electron chi connectivity index (χ0n) is 51.2. The average molecular weight is 1310 g/mol. The minimum atomic E-state index is -0.670. The number of carbonyl (C=O) groups is 6. The summed E-state index contributed by atoms with van der Waals surface area (Å²) in [6.45, 7) is 15.8. The van der Waals surface area contributed by atoms with Crippen molar-refractivity contribution in [3.63, 3.8) is 0 Å². The maximum Gasteiger partial charge on any atom is 0.343 e. The Morgan fingerprint density at radius 2 is 1.04 bits per heavy atom. The number of thiazole rings is 2. The first-order chi connectivity index (χ1) is 45.8. The van der Waals surface area contributed by atoms with E-state index in [0.29, 0.717) is 114 Å². The van der Waals surface area contributed by atoms with Crippen LogP contribution in [0.3, 0.4) is 0 Å². The monoisotopic (exact) mass is 1310 g/mol. The van der Waals surface area contributed by atoms with Gasteiger partial charge in [0.1, 0.15) is 55.4 Å². The molecule has 0 aliphatic heterocycles. The molecule has 0 unspecified atom stereocenters. The molecule has 22 nitrogen and oxygen atoms in total. The Hall–Kier alpha value is -11.1. The number of benzene rings is 4. The lowest BCUT2D eigenvalue weighted by atomic mass is 9.82. The van der Waals surface area contributed by atoms with Crippen LogP contribution in [0, 0.1) is 64.2 Å². The van der Waals surface area contributed by atoms with Crippen LogP contribution in [0.25, 0.3) is 25.3 Å². The van der Waals surface area contributed by atoms with Crippen molar-refractivity contribution >= 4 is 84.1 Å². The molecule has 7 rings (SSSR count). The number of unbranched alkanes of at least 4 members (excludes halogenated alkanes) is 7. The van der Waals surface area contributed by atoms with E-state index in [2.05, 4.69) is 45.1 Å². The Morgan fingerprint density at radius 3 is 1.60 bits per heavy atom. The van der Waals surface area contributed by atoms with E-state index in [4.69, 9.17) is 65.0 Å². The van der Waals surface area contributed by atoms with Crippen LogP contribution in [0.15, 0.2) is 134 Å². The average Bonchev–Trinajstić information content (AvgIpc) is 1.63. The number of esters is 6. The number of anilines is 1. The number of rotatable bonds is 34. The molecule has 1 aliphatic carbocycles. The highest BCUT2D eigenvalue weighted by Gasteiger charge is 2.33. The van der Waals surface area contributed by atoms with Crippen LogP contribution in [0.1, 0.15) is 116 Å². The summed E-state index contributed by atoms with van der Waals surface area (Å²) in [5.41, 5.74) is 0.851. The van der Waals surface area contributed by atoms with Crippen molar-refractivity contribution in [2.75, 3.05) is 45.0 Å². The maximum absolute atomic E-state index is 13.6. The predicted molar refractivity (Wildman–Crippen MR) is 348 cm³/mol. The number of hydrogen-bond donors (Lipinski definition) is 1. The second-order valence-electron chi connectivity index (χ2n) is 20.6. The molecule has 0 radical (unpaired) electrons. The molecular weight excluding hydrogens is 1240 g/mol. The Balaban J connectivity index is 0.877. The normalized spacial score (nSPS) is 13.2. The quantitative estimate of drug-likeness (QED) is 0.00452. The summed E-state index contributed by atoms with van der Waals surface area (Å²) in [7, 11) is 0. The summed E-state index contributed by atoms with van der Waals surface area (Å²) in [5.74, 6) is 3.81. The van der Waals surface area contributed by atoms with E-state index in [1.165, 1.54) is 47.9 Å². The lowest BCUT2D eigenvalue weighted by Gasteiger charge is -2.26. The van der Waals surface area contributed by atoms with Gasteiger partial charge in [0.25, 0.3) is 5.70 Å². The number of fused-ring (bicyclic) bond motifs is 2. The van der Waals surface area contributed by atoms with Crippen molar-refractivity contribution in [3.05, 3.63) is 161 Å². The van der Waals surface area contributed by atoms with Gasteiger partial charge >= 0.3 is 35.8 Å². The summed E-state index contributed by atoms with van der Waals surface area (Å²) >= 11 is 2.29. The third-order valence-electron chi connectivity index (χ3n) is 14.0. The molecule has 0 saturated heterocycles. The molecule has 6 aromatic rings. The summed E-state index contributed by atoms with van der Waals surface area (Å²) in [6.07, 6.45) is 16.9. The summed E-state index contributed by atoms with van der Waals surface area (Å²) in [6, 6.07) is 24.6. The zero-order chi connectivity index (χ0) is 66.9.